The number of esters is 4. The molecule has 5 atom stereocenters. The van der Waals surface area contributed by atoms with Crippen molar-refractivity contribution in [3.05, 3.63) is 68.3 Å². The molecule has 2 aromatic rings. The minimum atomic E-state index is -1.27. The molecule has 1 fully saturated rings. The molecule has 1 aliphatic rings. The quantitative estimate of drug-likeness (QED) is 0.237. The van der Waals surface area contributed by atoms with Crippen molar-refractivity contribution in [2.24, 2.45) is 0 Å². The van der Waals surface area contributed by atoms with Crippen LogP contribution < -0.4 is 0 Å². The Bertz CT molecular complexity index is 1270. The van der Waals surface area contributed by atoms with Crippen LogP contribution in [-0.2, 0) is 49.3 Å². The number of ether oxygens (including phenoxy) is 5. The molecule has 0 aliphatic carbocycles. The van der Waals surface area contributed by atoms with E-state index in [-0.39, 0.29) is 6.61 Å². The summed E-state index contributed by atoms with van der Waals surface area (Å²) in [4.78, 5) is 47.8. The van der Waals surface area contributed by atoms with E-state index in [1.807, 2.05) is 24.3 Å². The van der Waals surface area contributed by atoms with Crippen LogP contribution in [0.5, 0.6) is 0 Å². The standard InChI is InChI=1S/C28H28INO9/c1-15(31)35-14-24-26(36-16(2)32)28(38-18(4)34)27(37-17(3)33)25(39-24)20-7-8-21(13-30)22(12-20)11-19-5-9-23(29)10-6-19/h5-10,12,24-28H,11,14H2,1-4H3/t24-,25+,26-,27+,28+/m1/s1. The molecular weight excluding hydrogens is 621 g/mol. The topological polar surface area (TPSA) is 138 Å². The molecule has 10 nitrogen and oxygen atoms in total. The average Bonchev–Trinajstić information content (AvgIpc) is 2.86. The number of hydrogen-bond acceptors (Lipinski definition) is 10. The number of hydrogen-bond donors (Lipinski definition) is 0. The predicted molar refractivity (Wildman–Crippen MR) is 144 cm³/mol. The van der Waals surface area contributed by atoms with Crippen molar-refractivity contribution in [2.45, 2.75) is 64.6 Å². The normalized spacial score (nSPS) is 22.2. The maximum atomic E-state index is 12.1. The first kappa shape index (κ1) is 30.0. The fraction of sp³-hybridized carbons (Fsp3) is 0.393. The summed E-state index contributed by atoms with van der Waals surface area (Å²) in [6.45, 7) is 4.42. The van der Waals surface area contributed by atoms with Crippen LogP contribution in [0.15, 0.2) is 42.5 Å². The summed E-state index contributed by atoms with van der Waals surface area (Å²) in [5.41, 5.74) is 2.64. The maximum Gasteiger partial charge on any atom is 0.303 e. The van der Waals surface area contributed by atoms with Crippen LogP contribution in [0, 0.1) is 14.9 Å². The summed E-state index contributed by atoms with van der Waals surface area (Å²) in [5.74, 6) is -2.69. The highest BCUT2D eigenvalue weighted by Crippen LogP contribution is 2.38. The first-order valence-corrected chi connectivity index (χ1v) is 13.1. The zero-order valence-electron chi connectivity index (χ0n) is 21.8. The van der Waals surface area contributed by atoms with Crippen molar-refractivity contribution in [1.82, 2.24) is 0 Å². The van der Waals surface area contributed by atoms with E-state index in [1.54, 1.807) is 18.2 Å². The maximum absolute atomic E-state index is 12.1. The van der Waals surface area contributed by atoms with Gasteiger partial charge in [0.05, 0.1) is 11.6 Å². The summed E-state index contributed by atoms with van der Waals surface area (Å²) >= 11 is 2.21. The molecule has 1 heterocycles. The monoisotopic (exact) mass is 649 g/mol. The number of benzene rings is 2. The van der Waals surface area contributed by atoms with Crippen molar-refractivity contribution < 1.29 is 42.9 Å². The molecule has 0 radical (unpaired) electrons. The molecule has 1 aliphatic heterocycles. The Balaban J connectivity index is 2.10. The van der Waals surface area contributed by atoms with Gasteiger partial charge in [0.2, 0.25) is 0 Å². The van der Waals surface area contributed by atoms with Gasteiger partial charge in [-0.1, -0.05) is 24.3 Å². The molecule has 0 saturated carbocycles. The Labute approximate surface area is 239 Å². The molecule has 0 amide bonds. The second-order valence-corrected chi connectivity index (χ2v) is 10.2. The molecule has 1 saturated heterocycles. The third-order valence-electron chi connectivity index (χ3n) is 5.88. The van der Waals surface area contributed by atoms with Gasteiger partial charge in [0.25, 0.3) is 0 Å². The molecule has 3 rings (SSSR count). The van der Waals surface area contributed by atoms with Gasteiger partial charge in [0.1, 0.15) is 18.8 Å². The average molecular weight is 649 g/mol. The third-order valence-corrected chi connectivity index (χ3v) is 6.60. The van der Waals surface area contributed by atoms with Gasteiger partial charge in [-0.3, -0.25) is 19.2 Å². The SMILES string of the molecule is CC(=O)OC[C@H]1O[C@@H](c2ccc(C#N)c(Cc3ccc(I)cc3)c2)[C@H](OC(C)=O)[C@@H](OC(C)=O)[C@@H]1OC(C)=O. The summed E-state index contributed by atoms with van der Waals surface area (Å²) < 4.78 is 29.0. The number of carbonyl (C=O) groups is 4. The Kier molecular flexibility index (Phi) is 10.4. The highest BCUT2D eigenvalue weighted by Gasteiger charge is 2.52. The summed E-state index contributed by atoms with van der Waals surface area (Å²) in [5, 5.41) is 9.73. The molecule has 2 aromatic carbocycles. The van der Waals surface area contributed by atoms with E-state index >= 15 is 0 Å². The van der Waals surface area contributed by atoms with Gasteiger partial charge in [-0.2, -0.15) is 5.26 Å². The fourth-order valence-corrected chi connectivity index (χ4v) is 4.72. The lowest BCUT2D eigenvalue weighted by Gasteiger charge is -2.44. The second-order valence-electron chi connectivity index (χ2n) is 8.95. The van der Waals surface area contributed by atoms with E-state index < -0.39 is 54.4 Å². The van der Waals surface area contributed by atoms with Crippen molar-refractivity contribution in [3.8, 4) is 6.07 Å². The Morgan fingerprint density at radius 1 is 0.846 bits per heavy atom. The summed E-state index contributed by atoms with van der Waals surface area (Å²) in [6, 6.07) is 15.1. The van der Waals surface area contributed by atoms with Crippen LogP contribution in [0.2, 0.25) is 0 Å². The first-order valence-electron chi connectivity index (χ1n) is 12.1. The molecule has 0 bridgehead atoms. The molecule has 0 unspecified atom stereocenters. The lowest BCUT2D eigenvalue weighted by molar-refractivity contribution is -0.254. The van der Waals surface area contributed by atoms with E-state index in [4.69, 9.17) is 23.7 Å². The predicted octanol–water partition coefficient (Wildman–Crippen LogP) is 3.55. The molecule has 39 heavy (non-hydrogen) atoms. The van der Waals surface area contributed by atoms with Crippen molar-refractivity contribution in [3.63, 3.8) is 0 Å². The molecule has 11 heteroatoms. The van der Waals surface area contributed by atoms with Gasteiger partial charge in [0, 0.05) is 31.3 Å². The van der Waals surface area contributed by atoms with E-state index in [9.17, 15) is 24.4 Å². The van der Waals surface area contributed by atoms with Gasteiger partial charge in [-0.25, -0.2) is 0 Å². The smallest absolute Gasteiger partial charge is 0.303 e. The van der Waals surface area contributed by atoms with Crippen LogP contribution >= 0.6 is 22.6 Å². The lowest BCUT2D eigenvalue weighted by atomic mass is 9.88. The zero-order valence-corrected chi connectivity index (χ0v) is 24.0. The summed E-state index contributed by atoms with van der Waals surface area (Å²) in [7, 11) is 0. The highest BCUT2D eigenvalue weighted by atomic mass is 127. The van der Waals surface area contributed by atoms with Gasteiger partial charge in [0.15, 0.2) is 18.3 Å². The zero-order chi connectivity index (χ0) is 28.7. The largest absolute Gasteiger partial charge is 0.463 e. The lowest BCUT2D eigenvalue weighted by Crippen LogP contribution is -2.59. The van der Waals surface area contributed by atoms with Crippen LogP contribution in [0.3, 0.4) is 0 Å². The van der Waals surface area contributed by atoms with E-state index in [2.05, 4.69) is 28.7 Å². The van der Waals surface area contributed by atoms with Crippen LogP contribution in [0.25, 0.3) is 0 Å². The minimum absolute atomic E-state index is 0.319. The van der Waals surface area contributed by atoms with Gasteiger partial charge in [-0.05, 0) is 63.9 Å². The van der Waals surface area contributed by atoms with Crippen LogP contribution in [-0.4, -0.2) is 54.9 Å². The Morgan fingerprint density at radius 2 is 1.44 bits per heavy atom. The Hall–Kier alpha value is -3.50. The van der Waals surface area contributed by atoms with E-state index in [0.717, 1.165) is 16.1 Å². The fourth-order valence-electron chi connectivity index (χ4n) is 4.36. The molecule has 206 valence electrons. The Morgan fingerprint density at radius 3 is 2.00 bits per heavy atom. The number of halogens is 1. The van der Waals surface area contributed by atoms with E-state index in [0.29, 0.717) is 23.1 Å². The third kappa shape index (κ3) is 8.24. The highest BCUT2D eigenvalue weighted by molar-refractivity contribution is 14.1. The van der Waals surface area contributed by atoms with Crippen molar-refractivity contribution in [1.29, 1.82) is 5.26 Å². The number of nitriles is 1. The van der Waals surface area contributed by atoms with Crippen molar-refractivity contribution >= 4 is 46.5 Å². The van der Waals surface area contributed by atoms with Gasteiger partial charge < -0.3 is 23.7 Å². The first-order chi connectivity index (χ1) is 18.5. The second kappa shape index (κ2) is 13.5. The molecule has 0 aromatic heterocycles. The number of nitrogens with zero attached hydrogens (tertiary/aromatic N) is 1. The van der Waals surface area contributed by atoms with Crippen LogP contribution in [0.1, 0.15) is 56.1 Å². The number of rotatable bonds is 8. The minimum Gasteiger partial charge on any atom is -0.463 e. The van der Waals surface area contributed by atoms with E-state index in [1.165, 1.54) is 20.8 Å². The molecule has 0 N–H and O–H groups in total. The van der Waals surface area contributed by atoms with Crippen molar-refractivity contribution in [2.75, 3.05) is 6.61 Å². The number of carbonyl (C=O) groups excluding carboxylic acids is 4. The summed E-state index contributed by atoms with van der Waals surface area (Å²) in [6.07, 6.45) is -5.37. The van der Waals surface area contributed by atoms with Crippen LogP contribution in [0.4, 0.5) is 0 Å². The molecule has 0 spiro atoms. The van der Waals surface area contributed by atoms with Gasteiger partial charge >= 0.3 is 23.9 Å². The molecular formula is C28H28INO9. The van der Waals surface area contributed by atoms with Gasteiger partial charge in [-0.15, -0.1) is 0 Å².